The van der Waals surface area contributed by atoms with Gasteiger partial charge in [0.1, 0.15) is 0 Å². The summed E-state index contributed by atoms with van der Waals surface area (Å²) in [5.74, 6) is 0.694. The summed E-state index contributed by atoms with van der Waals surface area (Å²) in [6, 6.07) is 54.4. The molecule has 0 atom stereocenters. The van der Waals surface area contributed by atoms with Gasteiger partial charge in [-0.3, -0.25) is 9.13 Å². The summed E-state index contributed by atoms with van der Waals surface area (Å²) in [6.45, 7) is 0. The average molecular weight is 621 g/mol. The minimum Gasteiger partial charge on any atom is -0.295 e. The summed E-state index contributed by atoms with van der Waals surface area (Å²) in [5, 5.41) is 0. The number of aromatic nitrogens is 4. The summed E-state index contributed by atoms with van der Waals surface area (Å²) >= 11 is 0. The number of hydrogen-bond donors (Lipinski definition) is 0. The molecule has 2 heterocycles. The average Bonchev–Trinajstić information content (AvgIpc) is 3.38. The van der Waals surface area contributed by atoms with Gasteiger partial charge in [0.15, 0.2) is 5.82 Å². The van der Waals surface area contributed by atoms with Gasteiger partial charge in [0, 0.05) is 30.8 Å². The zero-order valence-electron chi connectivity index (χ0n) is 26.7. The van der Waals surface area contributed by atoms with E-state index in [0.717, 1.165) is 72.5 Å². The molecule has 8 aromatic rings. The van der Waals surface area contributed by atoms with Gasteiger partial charge in [-0.05, 0) is 51.6 Å². The molecule has 6 aromatic carbocycles. The SMILES string of the molecule is Cn1c(=O)n(C)c2cc(-c3ccc(-c4ccc(-c5cc(-c6ccccc6-c6ccccc6)nc(-c6ccccc6)n5)cc4)cc3)ccc21. The molecular formula is C43H32N4O. The molecule has 0 amide bonds. The van der Waals surface area contributed by atoms with Gasteiger partial charge in [0.25, 0.3) is 0 Å². The third kappa shape index (κ3) is 5.31. The first kappa shape index (κ1) is 29.1. The topological polar surface area (TPSA) is 52.7 Å². The summed E-state index contributed by atoms with van der Waals surface area (Å²) in [7, 11) is 3.62. The van der Waals surface area contributed by atoms with Crippen LogP contribution in [0.3, 0.4) is 0 Å². The number of imidazole rings is 1. The first-order chi connectivity index (χ1) is 23.5. The molecule has 0 fully saturated rings. The number of fused-ring (bicyclic) bond motifs is 1. The van der Waals surface area contributed by atoms with Crippen LogP contribution < -0.4 is 5.69 Å². The highest BCUT2D eigenvalue weighted by Crippen LogP contribution is 2.35. The van der Waals surface area contributed by atoms with E-state index in [4.69, 9.17) is 9.97 Å². The highest BCUT2D eigenvalue weighted by molar-refractivity contribution is 5.85. The molecule has 5 heteroatoms. The molecule has 0 unspecified atom stereocenters. The summed E-state index contributed by atoms with van der Waals surface area (Å²) in [4.78, 5) is 22.5. The number of benzene rings is 6. The Morgan fingerprint density at radius 1 is 0.396 bits per heavy atom. The Balaban J connectivity index is 1.14. The Morgan fingerprint density at radius 3 is 1.52 bits per heavy atom. The summed E-state index contributed by atoms with van der Waals surface area (Å²) in [5.41, 5.74) is 13.4. The third-order valence-corrected chi connectivity index (χ3v) is 9.05. The zero-order chi connectivity index (χ0) is 32.6. The molecular weight excluding hydrogens is 589 g/mol. The fourth-order valence-corrected chi connectivity index (χ4v) is 6.40. The Hall–Kier alpha value is -6.33. The molecule has 0 aliphatic heterocycles. The van der Waals surface area contributed by atoms with Crippen molar-refractivity contribution in [3.63, 3.8) is 0 Å². The van der Waals surface area contributed by atoms with Crippen LogP contribution in [-0.2, 0) is 14.1 Å². The van der Waals surface area contributed by atoms with Gasteiger partial charge in [-0.25, -0.2) is 14.8 Å². The standard InChI is InChI=1S/C43H32N4O/c1-46-40-26-25-35(27-41(40)47(2)43(46)48)31-19-17-29(18-20-31)30-21-23-33(24-22-30)38-28-39(45-42(44-38)34-13-7-4-8-14-34)37-16-10-9-15-36(37)32-11-5-3-6-12-32/h3-28H,1-2H3. The highest BCUT2D eigenvalue weighted by Gasteiger charge is 2.14. The minimum atomic E-state index is -0.0209. The monoisotopic (exact) mass is 620 g/mol. The van der Waals surface area contributed by atoms with E-state index in [1.165, 1.54) is 0 Å². The van der Waals surface area contributed by atoms with Crippen LogP contribution >= 0.6 is 0 Å². The van der Waals surface area contributed by atoms with Crippen molar-refractivity contribution >= 4 is 11.0 Å². The van der Waals surface area contributed by atoms with Gasteiger partial charge in [0.2, 0.25) is 0 Å². The van der Waals surface area contributed by atoms with E-state index in [1.807, 2.05) is 37.4 Å². The molecule has 230 valence electrons. The van der Waals surface area contributed by atoms with Crippen molar-refractivity contribution in [3.8, 4) is 67.3 Å². The predicted molar refractivity (Wildman–Crippen MR) is 196 cm³/mol. The maximum Gasteiger partial charge on any atom is 0.328 e. The van der Waals surface area contributed by atoms with Crippen LogP contribution in [0.5, 0.6) is 0 Å². The molecule has 0 bridgehead atoms. The molecule has 0 aliphatic carbocycles. The Morgan fingerprint density at radius 2 is 0.875 bits per heavy atom. The Bertz CT molecular complexity index is 2460. The molecule has 48 heavy (non-hydrogen) atoms. The maximum absolute atomic E-state index is 12.4. The molecule has 0 spiro atoms. The van der Waals surface area contributed by atoms with E-state index in [2.05, 4.69) is 127 Å². The van der Waals surface area contributed by atoms with E-state index in [9.17, 15) is 4.79 Å². The van der Waals surface area contributed by atoms with Crippen LogP contribution in [-0.4, -0.2) is 19.1 Å². The first-order valence-corrected chi connectivity index (χ1v) is 16.0. The van der Waals surface area contributed by atoms with Crippen LogP contribution in [0, 0.1) is 0 Å². The number of nitrogens with zero attached hydrogens (tertiary/aromatic N) is 4. The van der Waals surface area contributed by atoms with Gasteiger partial charge in [0.05, 0.1) is 22.4 Å². The van der Waals surface area contributed by atoms with E-state index < -0.39 is 0 Å². The van der Waals surface area contributed by atoms with Crippen molar-refractivity contribution < 1.29 is 0 Å². The zero-order valence-corrected chi connectivity index (χ0v) is 26.7. The number of aryl methyl sites for hydroxylation is 2. The fourth-order valence-electron chi connectivity index (χ4n) is 6.40. The van der Waals surface area contributed by atoms with E-state index >= 15 is 0 Å². The normalized spacial score (nSPS) is 11.2. The van der Waals surface area contributed by atoms with Crippen molar-refractivity contribution in [2.24, 2.45) is 14.1 Å². The van der Waals surface area contributed by atoms with Crippen LogP contribution in [0.15, 0.2) is 163 Å². The Labute approximate surface area is 279 Å². The van der Waals surface area contributed by atoms with Crippen LogP contribution in [0.25, 0.3) is 78.3 Å². The summed E-state index contributed by atoms with van der Waals surface area (Å²) in [6.07, 6.45) is 0. The second kappa shape index (κ2) is 12.1. The maximum atomic E-state index is 12.4. The molecule has 0 saturated heterocycles. The van der Waals surface area contributed by atoms with Crippen LogP contribution in [0.4, 0.5) is 0 Å². The minimum absolute atomic E-state index is 0.0209. The summed E-state index contributed by atoms with van der Waals surface area (Å²) < 4.78 is 3.38. The van der Waals surface area contributed by atoms with Crippen LogP contribution in [0.2, 0.25) is 0 Å². The number of hydrogen-bond acceptors (Lipinski definition) is 3. The molecule has 0 radical (unpaired) electrons. The third-order valence-electron chi connectivity index (χ3n) is 9.05. The van der Waals surface area contributed by atoms with Gasteiger partial charge in [-0.15, -0.1) is 0 Å². The second-order valence-electron chi connectivity index (χ2n) is 12.0. The predicted octanol–water partition coefficient (Wildman–Crippen LogP) is 9.67. The molecule has 2 aromatic heterocycles. The van der Waals surface area contributed by atoms with Gasteiger partial charge in [-0.2, -0.15) is 0 Å². The van der Waals surface area contributed by atoms with Crippen molar-refractivity contribution in [2.75, 3.05) is 0 Å². The highest BCUT2D eigenvalue weighted by atomic mass is 16.1. The van der Waals surface area contributed by atoms with Crippen LogP contribution in [0.1, 0.15) is 0 Å². The van der Waals surface area contributed by atoms with E-state index in [1.54, 1.807) is 16.2 Å². The quantitative estimate of drug-likeness (QED) is 0.186. The second-order valence-corrected chi connectivity index (χ2v) is 12.0. The lowest BCUT2D eigenvalue weighted by atomic mass is 9.96. The fraction of sp³-hybridized carbons (Fsp3) is 0.0465. The van der Waals surface area contributed by atoms with E-state index in [0.29, 0.717) is 5.82 Å². The van der Waals surface area contributed by atoms with Crippen molar-refractivity contribution in [1.82, 2.24) is 19.1 Å². The van der Waals surface area contributed by atoms with Crippen molar-refractivity contribution in [2.45, 2.75) is 0 Å². The largest absolute Gasteiger partial charge is 0.328 e. The van der Waals surface area contributed by atoms with Gasteiger partial charge < -0.3 is 0 Å². The first-order valence-electron chi connectivity index (χ1n) is 16.0. The smallest absolute Gasteiger partial charge is 0.295 e. The van der Waals surface area contributed by atoms with Crippen molar-refractivity contribution in [1.29, 1.82) is 0 Å². The molecule has 5 nitrogen and oxygen atoms in total. The lowest BCUT2D eigenvalue weighted by Gasteiger charge is -2.13. The van der Waals surface area contributed by atoms with Gasteiger partial charge in [-0.1, -0.05) is 140 Å². The van der Waals surface area contributed by atoms with E-state index in [-0.39, 0.29) is 5.69 Å². The lowest BCUT2D eigenvalue weighted by molar-refractivity contribution is 0.795. The van der Waals surface area contributed by atoms with Crippen molar-refractivity contribution in [3.05, 3.63) is 168 Å². The molecule has 8 rings (SSSR count). The van der Waals surface area contributed by atoms with Gasteiger partial charge >= 0.3 is 5.69 Å². The Kier molecular flexibility index (Phi) is 7.35. The lowest BCUT2D eigenvalue weighted by Crippen LogP contribution is -2.19. The molecule has 0 N–H and O–H groups in total. The number of rotatable bonds is 6. The molecule has 0 aliphatic rings. The molecule has 0 saturated carbocycles.